The quantitative estimate of drug-likeness (QED) is 0.561. The molecule has 0 aliphatic heterocycles. The first-order valence-electron chi connectivity index (χ1n) is 5.50. The molecule has 92 valence electrons. The fourth-order valence-electron chi connectivity index (χ4n) is 1.48. The van der Waals surface area contributed by atoms with E-state index in [4.69, 9.17) is 9.68 Å². The average Bonchev–Trinajstić information content (AvgIpc) is 2.36. The maximum atomic E-state index is 4.87. The lowest BCUT2D eigenvalue weighted by Gasteiger charge is -2.05. The summed E-state index contributed by atoms with van der Waals surface area (Å²) in [6.07, 6.45) is 1.57. The minimum absolute atomic E-state index is 0.774. The molecule has 0 unspecified atom stereocenters. The minimum atomic E-state index is 0.774. The topological polar surface area (TPSA) is 43.2 Å². The first kappa shape index (κ1) is 13.2. The van der Waals surface area contributed by atoms with Crippen molar-refractivity contribution in [3.05, 3.63) is 35.9 Å². The molecule has 4 nitrogen and oxygen atoms in total. The van der Waals surface area contributed by atoms with Crippen LogP contribution >= 0.6 is 0 Å². The Labute approximate surface area is 102 Å². The van der Waals surface area contributed by atoms with Gasteiger partial charge in [0.25, 0.3) is 0 Å². The van der Waals surface area contributed by atoms with Gasteiger partial charge in [-0.05, 0) is 25.3 Å². The molecule has 0 N–H and O–H groups in total. The van der Waals surface area contributed by atoms with Gasteiger partial charge in [0.15, 0.2) is 0 Å². The lowest BCUT2D eigenvalue weighted by atomic mass is 10.0. The Morgan fingerprint density at radius 3 is 2.24 bits per heavy atom. The van der Waals surface area contributed by atoms with E-state index in [0.717, 1.165) is 29.8 Å². The van der Waals surface area contributed by atoms with E-state index < -0.39 is 0 Å². The summed E-state index contributed by atoms with van der Waals surface area (Å²) in [6, 6.07) is 9.97. The zero-order chi connectivity index (χ0) is 12.5. The molecule has 0 bridgehead atoms. The molecule has 0 aromatic heterocycles. The maximum absolute atomic E-state index is 4.87. The molecule has 0 radical (unpaired) electrons. The summed E-state index contributed by atoms with van der Waals surface area (Å²) in [7, 11) is 3.10. The SMILES string of the molecule is CO/N=C(/CC/C(C)=N/OC)c1ccccc1. The molecule has 1 rings (SSSR count). The van der Waals surface area contributed by atoms with Gasteiger partial charge in [-0.15, -0.1) is 0 Å². The summed E-state index contributed by atoms with van der Waals surface area (Å²) in [5.41, 5.74) is 2.92. The van der Waals surface area contributed by atoms with Gasteiger partial charge < -0.3 is 9.68 Å². The van der Waals surface area contributed by atoms with Crippen molar-refractivity contribution in [1.82, 2.24) is 0 Å². The third-order valence-electron chi connectivity index (χ3n) is 2.28. The number of nitrogens with zero attached hydrogens (tertiary/aromatic N) is 2. The Bertz CT molecular complexity index is 386. The number of rotatable bonds is 6. The third kappa shape index (κ3) is 4.68. The van der Waals surface area contributed by atoms with Gasteiger partial charge in [-0.3, -0.25) is 0 Å². The summed E-state index contributed by atoms with van der Waals surface area (Å²) in [6.45, 7) is 1.93. The van der Waals surface area contributed by atoms with Crippen LogP contribution < -0.4 is 0 Å². The lowest BCUT2D eigenvalue weighted by molar-refractivity contribution is 0.211. The van der Waals surface area contributed by atoms with Gasteiger partial charge in [-0.1, -0.05) is 40.6 Å². The molecule has 1 aromatic carbocycles. The van der Waals surface area contributed by atoms with Crippen LogP contribution in [0, 0.1) is 0 Å². The fourth-order valence-corrected chi connectivity index (χ4v) is 1.48. The molecule has 0 amide bonds. The Balaban J connectivity index is 2.69. The highest BCUT2D eigenvalue weighted by Crippen LogP contribution is 2.08. The van der Waals surface area contributed by atoms with Crippen molar-refractivity contribution < 1.29 is 9.68 Å². The molecule has 0 aliphatic carbocycles. The Kier molecular flexibility index (Phi) is 5.79. The van der Waals surface area contributed by atoms with Crippen molar-refractivity contribution in [2.45, 2.75) is 19.8 Å². The van der Waals surface area contributed by atoms with E-state index in [1.807, 2.05) is 37.3 Å². The van der Waals surface area contributed by atoms with Crippen molar-refractivity contribution in [2.75, 3.05) is 14.2 Å². The summed E-state index contributed by atoms with van der Waals surface area (Å²) in [5.74, 6) is 0. The van der Waals surface area contributed by atoms with E-state index in [2.05, 4.69) is 10.3 Å². The van der Waals surface area contributed by atoms with Crippen LogP contribution in [0.1, 0.15) is 25.3 Å². The standard InChI is InChI=1S/C13H18N2O2/c1-11(14-16-2)9-10-13(15-17-3)12-7-5-4-6-8-12/h4-8H,9-10H2,1-3H3/b14-11+,15-13-. The van der Waals surface area contributed by atoms with Crippen LogP contribution in [0.5, 0.6) is 0 Å². The second-order valence-corrected chi connectivity index (χ2v) is 3.60. The number of oxime groups is 2. The Morgan fingerprint density at radius 2 is 1.65 bits per heavy atom. The molecule has 0 atom stereocenters. The molecule has 17 heavy (non-hydrogen) atoms. The van der Waals surface area contributed by atoms with Crippen molar-refractivity contribution in [3.8, 4) is 0 Å². The smallest absolute Gasteiger partial charge is 0.106 e. The molecule has 0 fully saturated rings. The van der Waals surface area contributed by atoms with Crippen molar-refractivity contribution in [2.24, 2.45) is 10.3 Å². The number of hydrogen-bond donors (Lipinski definition) is 0. The second kappa shape index (κ2) is 7.44. The number of hydrogen-bond acceptors (Lipinski definition) is 4. The molecular weight excluding hydrogens is 216 g/mol. The highest BCUT2D eigenvalue weighted by molar-refractivity contribution is 6.02. The van der Waals surface area contributed by atoms with Crippen LogP contribution in [0.15, 0.2) is 40.6 Å². The van der Waals surface area contributed by atoms with Crippen LogP contribution in [0.25, 0.3) is 0 Å². The molecule has 0 spiro atoms. The predicted octanol–water partition coefficient (Wildman–Crippen LogP) is 2.84. The minimum Gasteiger partial charge on any atom is -0.399 e. The predicted molar refractivity (Wildman–Crippen MR) is 69.3 cm³/mol. The van der Waals surface area contributed by atoms with Gasteiger partial charge in [0.1, 0.15) is 14.2 Å². The van der Waals surface area contributed by atoms with E-state index in [1.165, 1.54) is 0 Å². The summed E-state index contributed by atoms with van der Waals surface area (Å²) in [5, 5.41) is 7.92. The highest BCUT2D eigenvalue weighted by Gasteiger charge is 2.05. The first-order chi connectivity index (χ1) is 8.27. The highest BCUT2D eigenvalue weighted by atomic mass is 16.6. The van der Waals surface area contributed by atoms with Crippen LogP contribution in [0.4, 0.5) is 0 Å². The van der Waals surface area contributed by atoms with Crippen LogP contribution in [0.3, 0.4) is 0 Å². The van der Waals surface area contributed by atoms with Crippen LogP contribution in [-0.4, -0.2) is 25.6 Å². The lowest BCUT2D eigenvalue weighted by Crippen LogP contribution is -2.05. The van der Waals surface area contributed by atoms with Gasteiger partial charge in [-0.2, -0.15) is 0 Å². The zero-order valence-corrected chi connectivity index (χ0v) is 10.5. The Hall–Kier alpha value is -1.84. The normalized spacial score (nSPS) is 12.4. The molecule has 0 heterocycles. The molecular formula is C13H18N2O2. The van der Waals surface area contributed by atoms with Crippen LogP contribution in [0.2, 0.25) is 0 Å². The summed E-state index contributed by atoms with van der Waals surface area (Å²) < 4.78 is 0. The van der Waals surface area contributed by atoms with E-state index in [1.54, 1.807) is 14.2 Å². The summed E-state index contributed by atoms with van der Waals surface area (Å²) in [4.78, 5) is 9.59. The average molecular weight is 234 g/mol. The van der Waals surface area contributed by atoms with Gasteiger partial charge in [0.05, 0.1) is 11.4 Å². The first-order valence-corrected chi connectivity index (χ1v) is 5.50. The van der Waals surface area contributed by atoms with E-state index >= 15 is 0 Å². The van der Waals surface area contributed by atoms with Crippen molar-refractivity contribution >= 4 is 11.4 Å². The van der Waals surface area contributed by atoms with E-state index in [-0.39, 0.29) is 0 Å². The molecule has 1 aromatic rings. The van der Waals surface area contributed by atoms with Gasteiger partial charge in [-0.25, -0.2) is 0 Å². The largest absolute Gasteiger partial charge is 0.399 e. The fraction of sp³-hybridized carbons (Fsp3) is 0.385. The molecule has 0 saturated heterocycles. The number of benzene rings is 1. The van der Waals surface area contributed by atoms with E-state index in [9.17, 15) is 0 Å². The monoisotopic (exact) mass is 234 g/mol. The second-order valence-electron chi connectivity index (χ2n) is 3.60. The molecule has 0 aliphatic rings. The van der Waals surface area contributed by atoms with Crippen LogP contribution in [-0.2, 0) is 9.68 Å². The maximum Gasteiger partial charge on any atom is 0.106 e. The van der Waals surface area contributed by atoms with Gasteiger partial charge in [0, 0.05) is 0 Å². The molecule has 0 saturated carbocycles. The van der Waals surface area contributed by atoms with Crippen molar-refractivity contribution in [3.63, 3.8) is 0 Å². The third-order valence-corrected chi connectivity index (χ3v) is 2.28. The Morgan fingerprint density at radius 1 is 1.00 bits per heavy atom. The van der Waals surface area contributed by atoms with Gasteiger partial charge >= 0.3 is 0 Å². The molecule has 4 heteroatoms. The van der Waals surface area contributed by atoms with Gasteiger partial charge in [0.2, 0.25) is 0 Å². The van der Waals surface area contributed by atoms with E-state index in [0.29, 0.717) is 0 Å². The van der Waals surface area contributed by atoms with Crippen molar-refractivity contribution in [1.29, 1.82) is 0 Å². The zero-order valence-electron chi connectivity index (χ0n) is 10.5. The summed E-state index contributed by atoms with van der Waals surface area (Å²) >= 11 is 0.